The van der Waals surface area contributed by atoms with E-state index in [1.165, 1.54) is 18.3 Å². The van der Waals surface area contributed by atoms with Crippen molar-refractivity contribution in [2.24, 2.45) is 5.10 Å². The van der Waals surface area contributed by atoms with Crippen LogP contribution in [0.5, 0.6) is 17.2 Å². The van der Waals surface area contributed by atoms with Crippen molar-refractivity contribution in [3.63, 3.8) is 0 Å². The molecule has 0 saturated carbocycles. The smallest absolute Gasteiger partial charge is 0.243 e. The van der Waals surface area contributed by atoms with Gasteiger partial charge in [-0.1, -0.05) is 0 Å². The highest BCUT2D eigenvalue weighted by Crippen LogP contribution is 2.36. The summed E-state index contributed by atoms with van der Waals surface area (Å²) >= 11 is 0. The van der Waals surface area contributed by atoms with E-state index in [-0.39, 0.29) is 5.56 Å². The minimum atomic E-state index is -0.586. The fourth-order valence-electron chi connectivity index (χ4n) is 1.62. The Balaban J connectivity index is 2.16. The maximum absolute atomic E-state index is 9.60. The van der Waals surface area contributed by atoms with Crippen molar-refractivity contribution >= 4 is 12.2 Å². The molecule has 0 unspecified atom stereocenters. The molecule has 0 saturated heterocycles. The predicted octanol–water partition coefficient (Wildman–Crippen LogP) is 1.66. The van der Waals surface area contributed by atoms with Gasteiger partial charge in [-0.3, -0.25) is 0 Å². The van der Waals surface area contributed by atoms with Crippen molar-refractivity contribution in [1.29, 1.82) is 0 Å². The summed E-state index contributed by atoms with van der Waals surface area (Å²) in [7, 11) is 0. The third-order valence-electron chi connectivity index (χ3n) is 2.51. The number of benzene rings is 1. The normalized spacial score (nSPS) is 10.9. The van der Waals surface area contributed by atoms with Gasteiger partial charge in [0, 0.05) is 17.0 Å². The van der Waals surface area contributed by atoms with E-state index in [1.807, 2.05) is 19.9 Å². The van der Waals surface area contributed by atoms with Gasteiger partial charge in [0.25, 0.3) is 0 Å². The standard InChI is InChI=1S/C13H14N4O3/c1-7-5-8(2)16-13(15-7)17-14-6-9-3-4-10(18)12(20)11(9)19/h3-6,18-20H,1-2H3,(H,15,16,17). The molecular formula is C13H14N4O3. The summed E-state index contributed by atoms with van der Waals surface area (Å²) in [6.45, 7) is 3.68. The Bertz CT molecular complexity index is 651. The van der Waals surface area contributed by atoms with Crippen molar-refractivity contribution < 1.29 is 15.3 Å². The average Bonchev–Trinajstić information content (AvgIpc) is 2.38. The van der Waals surface area contributed by atoms with Crippen molar-refractivity contribution in [3.8, 4) is 17.2 Å². The van der Waals surface area contributed by atoms with Crippen molar-refractivity contribution in [1.82, 2.24) is 9.97 Å². The molecule has 2 aromatic rings. The average molecular weight is 274 g/mol. The Morgan fingerprint density at radius 1 is 1.05 bits per heavy atom. The number of aromatic hydroxyl groups is 3. The summed E-state index contributed by atoms with van der Waals surface area (Å²) in [5.41, 5.74) is 4.49. The summed E-state index contributed by atoms with van der Waals surface area (Å²) in [4.78, 5) is 8.26. The molecular weight excluding hydrogens is 260 g/mol. The molecule has 1 heterocycles. The molecule has 1 aromatic carbocycles. The van der Waals surface area contributed by atoms with Crippen molar-refractivity contribution in [2.45, 2.75) is 13.8 Å². The Morgan fingerprint density at radius 3 is 2.35 bits per heavy atom. The van der Waals surface area contributed by atoms with E-state index in [2.05, 4.69) is 20.5 Å². The lowest BCUT2D eigenvalue weighted by atomic mass is 10.2. The minimum Gasteiger partial charge on any atom is -0.504 e. The second kappa shape index (κ2) is 5.43. The fraction of sp³-hybridized carbons (Fsp3) is 0.154. The van der Waals surface area contributed by atoms with Gasteiger partial charge in [-0.2, -0.15) is 5.10 Å². The monoisotopic (exact) mass is 274 g/mol. The largest absolute Gasteiger partial charge is 0.504 e. The van der Waals surface area contributed by atoms with E-state index < -0.39 is 17.2 Å². The first-order valence-electron chi connectivity index (χ1n) is 5.82. The molecule has 1 aromatic heterocycles. The van der Waals surface area contributed by atoms with Crippen LogP contribution in [0.4, 0.5) is 5.95 Å². The van der Waals surface area contributed by atoms with E-state index in [0.29, 0.717) is 5.95 Å². The lowest BCUT2D eigenvalue weighted by molar-refractivity contribution is 0.367. The molecule has 0 fully saturated rings. The van der Waals surface area contributed by atoms with E-state index in [0.717, 1.165) is 11.4 Å². The third-order valence-corrected chi connectivity index (χ3v) is 2.51. The van der Waals surface area contributed by atoms with Gasteiger partial charge in [0.2, 0.25) is 11.7 Å². The first-order chi connectivity index (χ1) is 9.47. The van der Waals surface area contributed by atoms with Gasteiger partial charge in [-0.15, -0.1) is 0 Å². The zero-order chi connectivity index (χ0) is 14.7. The number of aryl methyl sites for hydroxylation is 2. The molecule has 2 rings (SSSR count). The first-order valence-corrected chi connectivity index (χ1v) is 5.82. The molecule has 7 nitrogen and oxygen atoms in total. The SMILES string of the molecule is Cc1cc(C)nc(NN=Cc2ccc(O)c(O)c2O)n1. The van der Waals surface area contributed by atoms with E-state index in [9.17, 15) is 15.3 Å². The number of aromatic nitrogens is 2. The zero-order valence-electron chi connectivity index (χ0n) is 11.0. The second-order valence-corrected chi connectivity index (χ2v) is 4.22. The van der Waals surface area contributed by atoms with Crippen LogP contribution in [0.15, 0.2) is 23.3 Å². The number of nitrogens with one attached hydrogen (secondary N) is 1. The maximum atomic E-state index is 9.60. The van der Waals surface area contributed by atoms with Crippen LogP contribution in [0.3, 0.4) is 0 Å². The number of anilines is 1. The molecule has 0 aliphatic carbocycles. The molecule has 0 atom stereocenters. The van der Waals surface area contributed by atoms with Gasteiger partial charge in [0.05, 0.1) is 6.21 Å². The molecule has 104 valence electrons. The summed E-state index contributed by atoms with van der Waals surface area (Å²) < 4.78 is 0. The number of hydrogen-bond acceptors (Lipinski definition) is 7. The number of phenolic OH excluding ortho intramolecular Hbond substituents is 3. The van der Waals surface area contributed by atoms with Gasteiger partial charge < -0.3 is 15.3 Å². The topological polar surface area (TPSA) is 111 Å². The van der Waals surface area contributed by atoms with Crippen LogP contribution >= 0.6 is 0 Å². The Kier molecular flexibility index (Phi) is 3.69. The van der Waals surface area contributed by atoms with E-state index in [4.69, 9.17) is 0 Å². The molecule has 0 spiro atoms. The van der Waals surface area contributed by atoms with Crippen LogP contribution in [0.1, 0.15) is 17.0 Å². The van der Waals surface area contributed by atoms with Crippen LogP contribution in [0.25, 0.3) is 0 Å². The van der Waals surface area contributed by atoms with Gasteiger partial charge in [-0.25, -0.2) is 15.4 Å². The summed E-state index contributed by atoms with van der Waals surface area (Å²) in [6, 6.07) is 4.50. The highest BCUT2D eigenvalue weighted by Gasteiger charge is 2.09. The Morgan fingerprint density at radius 2 is 1.70 bits per heavy atom. The summed E-state index contributed by atoms with van der Waals surface area (Å²) in [6.07, 6.45) is 1.29. The predicted molar refractivity (Wildman–Crippen MR) is 74.2 cm³/mol. The van der Waals surface area contributed by atoms with Gasteiger partial charge in [0.15, 0.2) is 11.5 Å². The second-order valence-electron chi connectivity index (χ2n) is 4.22. The zero-order valence-corrected chi connectivity index (χ0v) is 11.0. The molecule has 0 aliphatic heterocycles. The maximum Gasteiger partial charge on any atom is 0.243 e. The third kappa shape index (κ3) is 2.94. The van der Waals surface area contributed by atoms with Crippen molar-refractivity contribution in [2.75, 3.05) is 5.43 Å². The lowest BCUT2D eigenvalue weighted by Gasteiger charge is -2.04. The minimum absolute atomic E-state index is 0.247. The van der Waals surface area contributed by atoms with E-state index >= 15 is 0 Å². The van der Waals surface area contributed by atoms with Gasteiger partial charge >= 0.3 is 0 Å². The highest BCUT2D eigenvalue weighted by molar-refractivity contribution is 5.85. The number of rotatable bonds is 3. The molecule has 4 N–H and O–H groups in total. The van der Waals surface area contributed by atoms with Crippen LogP contribution in [-0.2, 0) is 0 Å². The quantitative estimate of drug-likeness (QED) is 0.385. The molecule has 0 amide bonds. The van der Waals surface area contributed by atoms with Crippen LogP contribution in [0.2, 0.25) is 0 Å². The van der Waals surface area contributed by atoms with Gasteiger partial charge in [0.1, 0.15) is 0 Å². The van der Waals surface area contributed by atoms with Crippen LogP contribution < -0.4 is 5.43 Å². The number of nitrogens with zero attached hydrogens (tertiary/aromatic N) is 3. The number of phenols is 3. The molecule has 7 heteroatoms. The van der Waals surface area contributed by atoms with Crippen LogP contribution in [0, 0.1) is 13.8 Å². The first kappa shape index (κ1) is 13.6. The molecule has 0 radical (unpaired) electrons. The van der Waals surface area contributed by atoms with Crippen molar-refractivity contribution in [3.05, 3.63) is 35.2 Å². The fourth-order valence-corrected chi connectivity index (χ4v) is 1.62. The molecule has 0 bridgehead atoms. The number of hydrazone groups is 1. The summed E-state index contributed by atoms with van der Waals surface area (Å²) in [5, 5.41) is 32.0. The van der Waals surface area contributed by atoms with Gasteiger partial charge in [-0.05, 0) is 32.0 Å². The molecule has 0 aliphatic rings. The number of hydrogen-bond donors (Lipinski definition) is 4. The highest BCUT2D eigenvalue weighted by atomic mass is 16.3. The lowest BCUT2D eigenvalue weighted by Crippen LogP contribution is -1.99. The summed E-state index contributed by atoms with van der Waals surface area (Å²) in [5.74, 6) is -1.10. The Labute approximate surface area is 115 Å². The van der Waals surface area contributed by atoms with E-state index in [1.54, 1.807) is 0 Å². The Hall–Kier alpha value is -2.83. The molecule has 20 heavy (non-hydrogen) atoms. The van der Waals surface area contributed by atoms with Crippen LogP contribution in [-0.4, -0.2) is 31.5 Å².